The van der Waals surface area contributed by atoms with Gasteiger partial charge in [0.2, 0.25) is 5.91 Å². The highest BCUT2D eigenvalue weighted by atomic mass is 35.5. The van der Waals surface area contributed by atoms with Gasteiger partial charge in [0.1, 0.15) is 15.8 Å². The zero-order chi connectivity index (χ0) is 23.8. The first-order chi connectivity index (χ1) is 15.7. The lowest BCUT2D eigenvalue weighted by atomic mass is 10.1. The van der Waals surface area contributed by atoms with Crippen LogP contribution in [-0.4, -0.2) is 34.6 Å². The van der Waals surface area contributed by atoms with Crippen molar-refractivity contribution in [3.05, 3.63) is 48.7 Å². The third kappa shape index (κ3) is 4.64. The molecule has 4 rings (SSSR count). The number of aromatic nitrogens is 1. The molecule has 1 fully saturated rings. The summed E-state index contributed by atoms with van der Waals surface area (Å²) < 4.78 is 15.7. The van der Waals surface area contributed by atoms with Crippen LogP contribution in [0.3, 0.4) is 0 Å². The second-order valence-electron chi connectivity index (χ2n) is 7.78. The third-order valence-corrected chi connectivity index (χ3v) is 6.84. The van der Waals surface area contributed by atoms with E-state index in [0.29, 0.717) is 40.6 Å². The van der Waals surface area contributed by atoms with Crippen molar-refractivity contribution in [2.24, 2.45) is 5.41 Å². The number of hydrogen-bond donors (Lipinski definition) is 2. The number of fused-ring (bicyclic) bond motifs is 1. The van der Waals surface area contributed by atoms with Gasteiger partial charge in [-0.1, -0.05) is 0 Å². The summed E-state index contributed by atoms with van der Waals surface area (Å²) in [5.41, 5.74) is 0.550. The van der Waals surface area contributed by atoms with Gasteiger partial charge in [-0.15, -0.1) is 23.2 Å². The zero-order valence-electron chi connectivity index (χ0n) is 18.1. The molecule has 0 spiro atoms. The van der Waals surface area contributed by atoms with E-state index in [4.69, 9.17) is 49.6 Å². The molecular formula is C23H21Cl2N3O4S. The van der Waals surface area contributed by atoms with E-state index in [9.17, 15) is 4.79 Å². The highest BCUT2D eigenvalue weighted by Crippen LogP contribution is 2.63. The monoisotopic (exact) mass is 505 g/mol. The molecule has 172 valence electrons. The molecule has 1 aliphatic rings. The van der Waals surface area contributed by atoms with Gasteiger partial charge in [-0.25, -0.2) is 0 Å². The number of thiocarbonyl (C=S) groups is 1. The molecule has 1 amide bonds. The number of benzene rings is 2. The molecule has 33 heavy (non-hydrogen) atoms. The molecule has 10 heteroatoms. The number of amides is 1. The van der Waals surface area contributed by atoms with Crippen LogP contribution in [0.15, 0.2) is 48.7 Å². The summed E-state index contributed by atoms with van der Waals surface area (Å²) in [5.74, 6) is 2.08. The van der Waals surface area contributed by atoms with Crippen LogP contribution in [0, 0.1) is 5.41 Å². The van der Waals surface area contributed by atoms with Gasteiger partial charge < -0.3 is 24.8 Å². The Bertz CT molecular complexity index is 1240. The Morgan fingerprint density at radius 1 is 1.06 bits per heavy atom. The molecule has 0 radical (unpaired) electrons. The highest BCUT2D eigenvalue weighted by molar-refractivity contribution is 7.80. The van der Waals surface area contributed by atoms with Crippen LogP contribution >= 0.6 is 35.4 Å². The van der Waals surface area contributed by atoms with Gasteiger partial charge in [-0.3, -0.25) is 9.78 Å². The minimum Gasteiger partial charge on any atom is -0.493 e. The maximum absolute atomic E-state index is 12.3. The third-order valence-electron chi connectivity index (χ3n) is 5.53. The van der Waals surface area contributed by atoms with Crippen molar-refractivity contribution >= 4 is 63.0 Å². The van der Waals surface area contributed by atoms with Gasteiger partial charge in [-0.2, -0.15) is 0 Å². The van der Waals surface area contributed by atoms with Crippen molar-refractivity contribution in [2.75, 3.05) is 19.5 Å². The van der Waals surface area contributed by atoms with Crippen molar-refractivity contribution in [3.8, 4) is 23.0 Å². The molecule has 2 N–H and O–H groups in total. The molecule has 0 saturated heterocycles. The number of nitrogens with zero attached hydrogens (tertiary/aromatic N) is 1. The molecule has 1 heterocycles. The van der Waals surface area contributed by atoms with E-state index in [1.165, 1.54) is 0 Å². The Kier molecular flexibility index (Phi) is 6.26. The molecule has 2 aromatic carbocycles. The number of alkyl halides is 2. The fraction of sp³-hybridized carbons (Fsp3) is 0.261. The topological polar surface area (TPSA) is 81.7 Å². The molecule has 1 aliphatic carbocycles. The summed E-state index contributed by atoms with van der Waals surface area (Å²) in [6.07, 6.45) is 2.04. The molecule has 1 unspecified atom stereocenters. The number of pyridine rings is 1. The second-order valence-corrected chi connectivity index (χ2v) is 9.67. The minimum absolute atomic E-state index is 0.159. The molecule has 0 bridgehead atoms. The SMILES string of the molecule is COc1cc2nccc(Oc3ccc(NC(=S)NC(=O)C4(C)CC4(Cl)Cl)cc3)c2cc1OC. The summed E-state index contributed by atoms with van der Waals surface area (Å²) in [6, 6.07) is 12.5. The van der Waals surface area contributed by atoms with Crippen LogP contribution in [-0.2, 0) is 4.79 Å². The summed E-state index contributed by atoms with van der Waals surface area (Å²) in [6.45, 7) is 1.70. The van der Waals surface area contributed by atoms with Crippen molar-refractivity contribution < 1.29 is 19.0 Å². The van der Waals surface area contributed by atoms with E-state index < -0.39 is 9.75 Å². The van der Waals surface area contributed by atoms with Crippen LogP contribution in [0.25, 0.3) is 10.9 Å². The number of nitrogens with one attached hydrogen (secondary N) is 2. The molecule has 1 aromatic heterocycles. The Balaban J connectivity index is 1.44. The van der Waals surface area contributed by atoms with Gasteiger partial charge >= 0.3 is 0 Å². The average Bonchev–Trinajstić information content (AvgIpc) is 3.32. The maximum Gasteiger partial charge on any atom is 0.235 e. The van der Waals surface area contributed by atoms with E-state index in [2.05, 4.69) is 15.6 Å². The highest BCUT2D eigenvalue weighted by Gasteiger charge is 2.68. The lowest BCUT2D eigenvalue weighted by Gasteiger charge is -2.15. The summed E-state index contributed by atoms with van der Waals surface area (Å²) in [4.78, 5) is 16.7. The molecule has 1 saturated carbocycles. The molecule has 7 nitrogen and oxygen atoms in total. The number of carbonyl (C=O) groups is 1. The molecule has 3 aromatic rings. The first-order valence-corrected chi connectivity index (χ1v) is 11.1. The van der Waals surface area contributed by atoms with E-state index in [1.807, 2.05) is 6.07 Å². The smallest absolute Gasteiger partial charge is 0.235 e. The number of carbonyl (C=O) groups excluding carboxylic acids is 1. The Morgan fingerprint density at radius 2 is 1.70 bits per heavy atom. The molecule has 1 atom stereocenters. The minimum atomic E-state index is -1.06. The number of hydrogen-bond acceptors (Lipinski definition) is 6. The van der Waals surface area contributed by atoms with Gasteiger partial charge in [0.05, 0.1) is 25.2 Å². The summed E-state index contributed by atoms with van der Waals surface area (Å²) >= 11 is 17.3. The van der Waals surface area contributed by atoms with Crippen LogP contribution in [0.5, 0.6) is 23.0 Å². The number of anilines is 1. The van der Waals surface area contributed by atoms with Crippen molar-refractivity contribution in [1.82, 2.24) is 10.3 Å². The zero-order valence-corrected chi connectivity index (χ0v) is 20.4. The first kappa shape index (κ1) is 23.4. The van der Waals surface area contributed by atoms with Crippen LogP contribution in [0.2, 0.25) is 0 Å². The Hall–Kier alpha value is -2.81. The fourth-order valence-corrected chi connectivity index (χ4v) is 4.24. The van der Waals surface area contributed by atoms with Crippen LogP contribution in [0.4, 0.5) is 5.69 Å². The molecular weight excluding hydrogens is 485 g/mol. The van der Waals surface area contributed by atoms with E-state index in [-0.39, 0.29) is 11.0 Å². The van der Waals surface area contributed by atoms with E-state index in [1.54, 1.807) is 63.7 Å². The summed E-state index contributed by atoms with van der Waals surface area (Å²) in [5, 5.41) is 6.54. The molecule has 0 aliphatic heterocycles. The average molecular weight is 506 g/mol. The van der Waals surface area contributed by atoms with Crippen molar-refractivity contribution in [1.29, 1.82) is 0 Å². The van der Waals surface area contributed by atoms with Crippen LogP contribution < -0.4 is 24.8 Å². The second kappa shape index (κ2) is 8.85. The van der Waals surface area contributed by atoms with E-state index in [0.717, 1.165) is 5.39 Å². The van der Waals surface area contributed by atoms with Gasteiger partial charge in [0.15, 0.2) is 16.6 Å². The van der Waals surface area contributed by atoms with Crippen molar-refractivity contribution in [3.63, 3.8) is 0 Å². The maximum atomic E-state index is 12.3. The summed E-state index contributed by atoms with van der Waals surface area (Å²) in [7, 11) is 3.15. The largest absolute Gasteiger partial charge is 0.493 e. The quantitative estimate of drug-likeness (QED) is 0.340. The Labute approximate surface area is 206 Å². The number of rotatable bonds is 6. The van der Waals surface area contributed by atoms with Gasteiger partial charge in [-0.05, 0) is 62.0 Å². The van der Waals surface area contributed by atoms with Crippen LogP contribution in [0.1, 0.15) is 13.3 Å². The number of methoxy groups -OCH3 is 2. The first-order valence-electron chi connectivity index (χ1n) is 9.96. The fourth-order valence-electron chi connectivity index (χ4n) is 3.32. The van der Waals surface area contributed by atoms with Gasteiger partial charge in [0, 0.05) is 23.3 Å². The standard InChI is InChI=1S/C23H21Cl2N3O4S/c1-22(12-23(22,24)25)20(29)28-21(33)27-13-4-6-14(7-5-13)32-17-8-9-26-16-11-19(31-3)18(30-2)10-15(16)17/h4-11H,12H2,1-3H3,(H2,27,28,29,33). The van der Waals surface area contributed by atoms with Crippen molar-refractivity contribution in [2.45, 2.75) is 17.7 Å². The normalized spacial score (nSPS) is 18.3. The van der Waals surface area contributed by atoms with E-state index >= 15 is 0 Å². The predicted octanol–water partition coefficient (Wildman–Crippen LogP) is 5.44. The Morgan fingerprint density at radius 3 is 2.30 bits per heavy atom. The van der Waals surface area contributed by atoms with Gasteiger partial charge in [0.25, 0.3) is 0 Å². The lowest BCUT2D eigenvalue weighted by Crippen LogP contribution is -2.40. The predicted molar refractivity (Wildman–Crippen MR) is 133 cm³/mol. The number of ether oxygens (including phenoxy) is 3. The number of halogens is 2. The lowest BCUT2D eigenvalue weighted by molar-refractivity contribution is -0.124.